The molecular weight excluding hydrogens is 547 g/mol. The van der Waals surface area contributed by atoms with Crippen molar-refractivity contribution in [2.45, 2.75) is 63.6 Å². The molecular formula is C32H35FN8O2. The van der Waals surface area contributed by atoms with Gasteiger partial charge in [-0.3, -0.25) is 14.3 Å². The van der Waals surface area contributed by atoms with Crippen LogP contribution in [0, 0.1) is 5.82 Å². The maximum absolute atomic E-state index is 13.5. The minimum absolute atomic E-state index is 0.0634. The monoisotopic (exact) mass is 582 g/mol. The molecule has 2 aliphatic rings. The number of hydrogen-bond acceptors (Lipinski definition) is 7. The summed E-state index contributed by atoms with van der Waals surface area (Å²) >= 11 is 0. The Morgan fingerprint density at radius 2 is 2.00 bits per heavy atom. The zero-order valence-electron chi connectivity index (χ0n) is 24.0. The van der Waals surface area contributed by atoms with E-state index < -0.39 is 11.7 Å². The molecule has 4 heterocycles. The molecule has 6 rings (SSSR count). The number of benzene rings is 1. The SMILES string of the molecule is C[C@@H]1CC(=O)N[C@@H]2CCC[C@H](C2)n2nc(-c3ccc(C(=O)Nc4cc(F)ccn4)cc3)c3c(N)ncc(c32)/C=C/CCN1. The molecule has 2 amide bonds. The molecule has 2 bridgehead atoms. The third kappa shape index (κ3) is 6.26. The average molecular weight is 583 g/mol. The van der Waals surface area contributed by atoms with Gasteiger partial charge in [0.15, 0.2) is 0 Å². The number of rotatable bonds is 3. The largest absolute Gasteiger partial charge is 0.383 e. The fourth-order valence-electron chi connectivity index (χ4n) is 6.03. The van der Waals surface area contributed by atoms with E-state index in [0.29, 0.717) is 23.5 Å². The quantitative estimate of drug-likeness (QED) is 0.271. The van der Waals surface area contributed by atoms with Gasteiger partial charge in [-0.2, -0.15) is 5.10 Å². The van der Waals surface area contributed by atoms with E-state index in [9.17, 15) is 14.0 Å². The van der Waals surface area contributed by atoms with Gasteiger partial charge in [0.2, 0.25) is 5.91 Å². The smallest absolute Gasteiger partial charge is 0.256 e. The van der Waals surface area contributed by atoms with Gasteiger partial charge in [-0.05, 0) is 63.8 Å². The first-order chi connectivity index (χ1) is 20.9. The first kappa shape index (κ1) is 28.5. The molecule has 0 unspecified atom stereocenters. The molecule has 43 heavy (non-hydrogen) atoms. The van der Waals surface area contributed by atoms with Crippen molar-refractivity contribution in [1.82, 2.24) is 30.4 Å². The molecule has 10 nitrogen and oxygen atoms in total. The van der Waals surface area contributed by atoms with Crippen molar-refractivity contribution < 1.29 is 14.0 Å². The van der Waals surface area contributed by atoms with Crippen LogP contribution in [0.4, 0.5) is 16.0 Å². The summed E-state index contributed by atoms with van der Waals surface area (Å²) in [5.74, 6) is -0.308. The van der Waals surface area contributed by atoms with Gasteiger partial charge in [-0.15, -0.1) is 0 Å². The van der Waals surface area contributed by atoms with Crippen molar-refractivity contribution >= 4 is 40.4 Å². The number of nitrogens with zero attached hydrogens (tertiary/aromatic N) is 4. The first-order valence-corrected chi connectivity index (χ1v) is 14.7. The molecule has 1 aliphatic carbocycles. The lowest BCUT2D eigenvalue weighted by atomic mass is 9.90. The van der Waals surface area contributed by atoms with Gasteiger partial charge in [0.25, 0.3) is 5.91 Å². The van der Waals surface area contributed by atoms with Crippen LogP contribution in [0.25, 0.3) is 28.2 Å². The summed E-state index contributed by atoms with van der Waals surface area (Å²) in [4.78, 5) is 34.1. The number of fused-ring (bicyclic) bond motifs is 3. The molecule has 3 atom stereocenters. The van der Waals surface area contributed by atoms with Gasteiger partial charge >= 0.3 is 0 Å². The second-order valence-corrected chi connectivity index (χ2v) is 11.3. The number of halogens is 1. The molecule has 1 aliphatic heterocycles. The molecule has 1 aromatic carbocycles. The molecule has 11 heteroatoms. The van der Waals surface area contributed by atoms with Gasteiger partial charge < -0.3 is 21.7 Å². The van der Waals surface area contributed by atoms with E-state index in [1.165, 1.54) is 12.3 Å². The summed E-state index contributed by atoms with van der Waals surface area (Å²) < 4.78 is 15.6. The molecule has 0 saturated heterocycles. The lowest BCUT2D eigenvalue weighted by Crippen LogP contribution is -2.41. The number of aromatic nitrogens is 4. The third-order valence-corrected chi connectivity index (χ3v) is 8.12. The first-order valence-electron chi connectivity index (χ1n) is 14.7. The number of nitrogens with one attached hydrogen (secondary N) is 3. The number of amides is 2. The standard InChI is InChI=1S/C32H35FN8O2/c1-19-15-27(42)38-24-6-4-7-25(17-24)41-30-22(5-2-3-13-35-19)18-37-31(34)28(30)29(40-41)20-8-10-21(11-9-20)32(43)39-26-16-23(33)12-14-36-26/h2,5,8-12,14,16,18-19,24-25,35H,3-4,6-7,13,15,17H2,1H3,(H2,34,37)(H,38,42)(H,36,39,43)/b5-2+/t19-,24-,25-/m1/s1. The van der Waals surface area contributed by atoms with Gasteiger partial charge in [-0.25, -0.2) is 14.4 Å². The van der Waals surface area contributed by atoms with Crippen LogP contribution in [-0.2, 0) is 4.79 Å². The number of carbonyl (C=O) groups excluding carboxylic acids is 2. The second-order valence-electron chi connectivity index (χ2n) is 11.3. The summed E-state index contributed by atoms with van der Waals surface area (Å²) in [5, 5.41) is 15.2. The predicted octanol–water partition coefficient (Wildman–Crippen LogP) is 4.85. The van der Waals surface area contributed by atoms with E-state index in [1.807, 2.05) is 19.1 Å². The van der Waals surface area contributed by atoms with Crippen LogP contribution < -0.4 is 21.7 Å². The Hall–Kier alpha value is -4.64. The average Bonchev–Trinajstić information content (AvgIpc) is 3.40. The van der Waals surface area contributed by atoms with E-state index in [0.717, 1.165) is 66.7 Å². The molecule has 5 N–H and O–H groups in total. The fourth-order valence-corrected chi connectivity index (χ4v) is 6.03. The number of pyridine rings is 2. The van der Waals surface area contributed by atoms with Crippen LogP contribution in [0.15, 0.2) is 54.9 Å². The molecule has 222 valence electrons. The summed E-state index contributed by atoms with van der Waals surface area (Å²) in [6.45, 7) is 2.79. The number of nitrogens with two attached hydrogens (primary N) is 1. The Morgan fingerprint density at radius 3 is 2.81 bits per heavy atom. The molecule has 0 radical (unpaired) electrons. The number of anilines is 2. The van der Waals surface area contributed by atoms with Gasteiger partial charge in [0.05, 0.1) is 16.9 Å². The Bertz CT molecular complexity index is 1680. The van der Waals surface area contributed by atoms with Crippen molar-refractivity contribution in [3.05, 3.63) is 71.8 Å². The third-order valence-electron chi connectivity index (χ3n) is 8.12. The number of nitrogen functional groups attached to an aromatic ring is 1. The predicted molar refractivity (Wildman–Crippen MR) is 165 cm³/mol. The van der Waals surface area contributed by atoms with Gasteiger partial charge in [0.1, 0.15) is 23.1 Å². The van der Waals surface area contributed by atoms with Crippen molar-refractivity contribution in [2.24, 2.45) is 0 Å². The van der Waals surface area contributed by atoms with Crippen LogP contribution in [0.1, 0.15) is 67.4 Å². The minimum atomic E-state index is -0.482. The zero-order chi connectivity index (χ0) is 29.9. The number of hydrogen-bond donors (Lipinski definition) is 4. The molecule has 4 aromatic rings. The Kier molecular flexibility index (Phi) is 8.15. The Morgan fingerprint density at radius 1 is 1.16 bits per heavy atom. The van der Waals surface area contributed by atoms with E-state index in [4.69, 9.17) is 10.8 Å². The van der Waals surface area contributed by atoms with Crippen LogP contribution >= 0.6 is 0 Å². The van der Waals surface area contributed by atoms with Crippen molar-refractivity contribution in [1.29, 1.82) is 0 Å². The lowest BCUT2D eigenvalue weighted by Gasteiger charge is -2.31. The Balaban J connectivity index is 1.38. The van der Waals surface area contributed by atoms with Crippen LogP contribution in [-0.4, -0.2) is 50.2 Å². The van der Waals surface area contributed by atoms with Crippen LogP contribution in [0.2, 0.25) is 0 Å². The Labute approximate surface area is 249 Å². The molecule has 1 saturated carbocycles. The highest BCUT2D eigenvalue weighted by Gasteiger charge is 2.29. The normalized spacial score (nSPS) is 21.8. The minimum Gasteiger partial charge on any atom is -0.383 e. The molecule has 3 aromatic heterocycles. The summed E-state index contributed by atoms with van der Waals surface area (Å²) in [7, 11) is 0. The van der Waals surface area contributed by atoms with E-state index in [-0.39, 0.29) is 29.9 Å². The van der Waals surface area contributed by atoms with Crippen molar-refractivity contribution in [3.8, 4) is 11.3 Å². The maximum atomic E-state index is 13.5. The highest BCUT2D eigenvalue weighted by molar-refractivity contribution is 6.06. The lowest BCUT2D eigenvalue weighted by molar-refractivity contribution is -0.122. The van der Waals surface area contributed by atoms with Gasteiger partial charge in [0, 0.05) is 53.7 Å². The second kappa shape index (κ2) is 12.3. The van der Waals surface area contributed by atoms with E-state index in [1.54, 1.807) is 18.3 Å². The van der Waals surface area contributed by atoms with Crippen LogP contribution in [0.3, 0.4) is 0 Å². The molecule has 0 spiro atoms. The maximum Gasteiger partial charge on any atom is 0.256 e. The van der Waals surface area contributed by atoms with Crippen molar-refractivity contribution in [2.75, 3.05) is 17.6 Å². The number of carbonyl (C=O) groups is 2. The fraction of sp³-hybridized carbons (Fsp3) is 0.344. The van der Waals surface area contributed by atoms with E-state index in [2.05, 4.69) is 42.8 Å². The highest BCUT2D eigenvalue weighted by atomic mass is 19.1. The zero-order valence-corrected chi connectivity index (χ0v) is 24.0. The summed E-state index contributed by atoms with van der Waals surface area (Å²) in [6, 6.07) is 9.64. The summed E-state index contributed by atoms with van der Waals surface area (Å²) in [5.41, 5.74) is 10.2. The van der Waals surface area contributed by atoms with E-state index >= 15 is 0 Å². The molecule has 1 fully saturated rings. The highest BCUT2D eigenvalue weighted by Crippen LogP contribution is 2.39. The summed E-state index contributed by atoms with van der Waals surface area (Å²) in [6.07, 6.45) is 12.1. The van der Waals surface area contributed by atoms with Crippen LogP contribution in [0.5, 0.6) is 0 Å². The van der Waals surface area contributed by atoms with Crippen molar-refractivity contribution in [3.63, 3.8) is 0 Å². The topological polar surface area (TPSA) is 140 Å². The van der Waals surface area contributed by atoms with Gasteiger partial charge in [-0.1, -0.05) is 24.3 Å².